The second kappa shape index (κ2) is 8.30. The highest BCUT2D eigenvalue weighted by molar-refractivity contribution is 5.95. The van der Waals surface area contributed by atoms with Crippen molar-refractivity contribution < 1.29 is 4.79 Å². The number of allylic oxidation sites excluding steroid dienone is 2. The maximum Gasteiger partial charge on any atom is 0.251 e. The lowest BCUT2D eigenvalue weighted by atomic mass is 10.1. The molecule has 1 aliphatic carbocycles. The Morgan fingerprint density at radius 3 is 2.63 bits per heavy atom. The van der Waals surface area contributed by atoms with Crippen LogP contribution in [0.4, 0.5) is 5.82 Å². The number of nitrogens with zero attached hydrogens (tertiary/aromatic N) is 3. The first kappa shape index (κ1) is 20.1. The number of amides is 1. The Labute approximate surface area is 177 Å². The highest BCUT2D eigenvalue weighted by Crippen LogP contribution is 2.27. The number of hydrogen-bond acceptors (Lipinski definition) is 4. The van der Waals surface area contributed by atoms with Gasteiger partial charge in [-0.2, -0.15) is 0 Å². The van der Waals surface area contributed by atoms with Gasteiger partial charge in [0.25, 0.3) is 5.91 Å². The van der Waals surface area contributed by atoms with Gasteiger partial charge in [-0.05, 0) is 50.3 Å². The molecule has 6 nitrogen and oxygen atoms in total. The van der Waals surface area contributed by atoms with Crippen LogP contribution in [0.25, 0.3) is 22.5 Å². The SMILES string of the molecule is C/C=C(/C)c1cn2c(-c3ccc(C(=O)NC4CC4)cc3)cnc2c(NCC(C)C)n1. The molecule has 1 amide bonds. The molecular formula is C24H29N5O. The van der Waals surface area contributed by atoms with Gasteiger partial charge in [0.05, 0.1) is 17.6 Å². The van der Waals surface area contributed by atoms with Crippen LogP contribution in [0.5, 0.6) is 0 Å². The molecule has 3 aromatic rings. The van der Waals surface area contributed by atoms with Crippen molar-refractivity contribution in [2.45, 2.75) is 46.6 Å². The highest BCUT2D eigenvalue weighted by Gasteiger charge is 2.23. The molecule has 0 aliphatic heterocycles. The van der Waals surface area contributed by atoms with Crippen LogP contribution >= 0.6 is 0 Å². The van der Waals surface area contributed by atoms with Gasteiger partial charge in [0, 0.05) is 29.9 Å². The molecule has 6 heteroatoms. The van der Waals surface area contributed by atoms with Gasteiger partial charge in [-0.3, -0.25) is 9.20 Å². The van der Waals surface area contributed by atoms with Crippen molar-refractivity contribution in [3.8, 4) is 11.3 Å². The van der Waals surface area contributed by atoms with E-state index in [-0.39, 0.29) is 5.91 Å². The van der Waals surface area contributed by atoms with Gasteiger partial charge in [-0.1, -0.05) is 32.1 Å². The van der Waals surface area contributed by atoms with E-state index in [1.165, 1.54) is 0 Å². The maximum atomic E-state index is 12.3. The normalized spacial score (nSPS) is 14.4. The lowest BCUT2D eigenvalue weighted by molar-refractivity contribution is 0.0951. The second-order valence-corrected chi connectivity index (χ2v) is 8.38. The van der Waals surface area contributed by atoms with Crippen molar-refractivity contribution in [1.82, 2.24) is 19.7 Å². The standard InChI is InChI=1S/C24H29N5O/c1-5-16(4)20-14-29-21(13-26-23(29)22(28-20)25-12-15(2)3)17-6-8-18(9-7-17)24(30)27-19-10-11-19/h5-9,13-15,19H,10-12H2,1-4H3,(H,25,28)(H,27,30)/b16-5-. The summed E-state index contributed by atoms with van der Waals surface area (Å²) >= 11 is 0. The van der Waals surface area contributed by atoms with Gasteiger partial charge in [-0.15, -0.1) is 0 Å². The number of aromatic nitrogens is 3. The van der Waals surface area contributed by atoms with Crippen LogP contribution < -0.4 is 10.6 Å². The fourth-order valence-corrected chi connectivity index (χ4v) is 3.25. The first-order valence-corrected chi connectivity index (χ1v) is 10.6. The van der Waals surface area contributed by atoms with Crippen LogP contribution in [0.3, 0.4) is 0 Å². The Balaban J connectivity index is 1.71. The Kier molecular flexibility index (Phi) is 5.57. The molecule has 2 N–H and O–H groups in total. The minimum absolute atomic E-state index is 0.00226. The predicted octanol–water partition coefficient (Wildman–Crippen LogP) is 4.78. The van der Waals surface area contributed by atoms with E-state index in [9.17, 15) is 4.79 Å². The zero-order valence-electron chi connectivity index (χ0n) is 18.1. The molecular weight excluding hydrogens is 374 g/mol. The van der Waals surface area contributed by atoms with Gasteiger partial charge >= 0.3 is 0 Å². The van der Waals surface area contributed by atoms with E-state index in [1.54, 1.807) is 0 Å². The second-order valence-electron chi connectivity index (χ2n) is 8.38. The monoisotopic (exact) mass is 403 g/mol. The lowest BCUT2D eigenvalue weighted by Gasteiger charge is -2.13. The molecule has 0 unspecified atom stereocenters. The van der Waals surface area contributed by atoms with E-state index in [2.05, 4.69) is 46.9 Å². The van der Waals surface area contributed by atoms with Crippen molar-refractivity contribution in [2.24, 2.45) is 5.92 Å². The maximum absolute atomic E-state index is 12.3. The number of fused-ring (bicyclic) bond motifs is 1. The Bertz CT molecular complexity index is 1090. The van der Waals surface area contributed by atoms with Gasteiger partial charge < -0.3 is 10.6 Å². The number of imidazole rings is 1. The first-order chi connectivity index (χ1) is 14.5. The molecule has 156 valence electrons. The first-order valence-electron chi connectivity index (χ1n) is 10.6. The fourth-order valence-electron chi connectivity index (χ4n) is 3.25. The number of hydrogen-bond donors (Lipinski definition) is 2. The van der Waals surface area contributed by atoms with Crippen LogP contribution in [0.1, 0.15) is 56.6 Å². The average Bonchev–Trinajstić information content (AvgIpc) is 3.46. The van der Waals surface area contributed by atoms with Crippen molar-refractivity contribution in [2.75, 3.05) is 11.9 Å². The van der Waals surface area contributed by atoms with E-state index in [0.717, 1.165) is 53.4 Å². The number of anilines is 1. The molecule has 1 saturated carbocycles. The van der Waals surface area contributed by atoms with E-state index in [1.807, 2.05) is 43.6 Å². The summed E-state index contributed by atoms with van der Waals surface area (Å²) in [5, 5.41) is 6.48. The molecule has 0 atom stereocenters. The minimum atomic E-state index is -0.00226. The minimum Gasteiger partial charge on any atom is -0.367 e. The third-order valence-electron chi connectivity index (χ3n) is 5.36. The number of carbonyl (C=O) groups is 1. The van der Waals surface area contributed by atoms with Crippen molar-refractivity contribution in [3.05, 3.63) is 54.0 Å². The third-order valence-corrected chi connectivity index (χ3v) is 5.36. The van der Waals surface area contributed by atoms with Crippen LogP contribution in [0, 0.1) is 5.92 Å². The number of benzene rings is 1. The molecule has 2 aromatic heterocycles. The summed E-state index contributed by atoms with van der Waals surface area (Å²) in [6.07, 6.45) is 8.12. The van der Waals surface area contributed by atoms with Crippen LogP contribution in [-0.4, -0.2) is 32.9 Å². The van der Waals surface area contributed by atoms with E-state index in [0.29, 0.717) is 17.5 Å². The molecule has 0 radical (unpaired) electrons. The Hall–Kier alpha value is -3.15. The van der Waals surface area contributed by atoms with Crippen LogP contribution in [-0.2, 0) is 0 Å². The fraction of sp³-hybridized carbons (Fsp3) is 0.375. The smallest absolute Gasteiger partial charge is 0.251 e. The van der Waals surface area contributed by atoms with Gasteiger partial charge in [0.1, 0.15) is 0 Å². The quantitative estimate of drug-likeness (QED) is 0.596. The third kappa shape index (κ3) is 4.22. The van der Waals surface area contributed by atoms with Crippen molar-refractivity contribution in [1.29, 1.82) is 0 Å². The molecule has 4 rings (SSSR count). The van der Waals surface area contributed by atoms with E-state index in [4.69, 9.17) is 4.98 Å². The molecule has 30 heavy (non-hydrogen) atoms. The van der Waals surface area contributed by atoms with Gasteiger partial charge in [-0.25, -0.2) is 9.97 Å². The molecule has 1 fully saturated rings. The summed E-state index contributed by atoms with van der Waals surface area (Å²) in [6.45, 7) is 9.24. The van der Waals surface area contributed by atoms with Crippen molar-refractivity contribution >= 4 is 22.9 Å². The molecule has 2 heterocycles. The summed E-state index contributed by atoms with van der Waals surface area (Å²) in [7, 11) is 0. The zero-order chi connectivity index (χ0) is 21.3. The summed E-state index contributed by atoms with van der Waals surface area (Å²) in [4.78, 5) is 21.7. The summed E-state index contributed by atoms with van der Waals surface area (Å²) in [5.41, 5.74) is 5.49. The zero-order valence-corrected chi connectivity index (χ0v) is 18.1. The highest BCUT2D eigenvalue weighted by atomic mass is 16.1. The largest absolute Gasteiger partial charge is 0.367 e. The predicted molar refractivity (Wildman–Crippen MR) is 122 cm³/mol. The molecule has 0 spiro atoms. The number of carbonyl (C=O) groups excluding carboxylic acids is 1. The van der Waals surface area contributed by atoms with Crippen LogP contribution in [0.2, 0.25) is 0 Å². The van der Waals surface area contributed by atoms with Crippen LogP contribution in [0.15, 0.2) is 42.7 Å². The summed E-state index contributed by atoms with van der Waals surface area (Å²) < 4.78 is 2.08. The van der Waals surface area contributed by atoms with Gasteiger partial charge in [0.2, 0.25) is 0 Å². The molecule has 1 aromatic carbocycles. The Morgan fingerprint density at radius 1 is 1.27 bits per heavy atom. The average molecular weight is 404 g/mol. The lowest BCUT2D eigenvalue weighted by Crippen LogP contribution is -2.25. The topological polar surface area (TPSA) is 71.3 Å². The summed E-state index contributed by atoms with van der Waals surface area (Å²) in [6, 6.07) is 8.07. The number of rotatable bonds is 7. The number of nitrogens with one attached hydrogen (secondary N) is 2. The molecule has 0 bridgehead atoms. The van der Waals surface area contributed by atoms with E-state index < -0.39 is 0 Å². The Morgan fingerprint density at radius 2 is 2.00 bits per heavy atom. The summed E-state index contributed by atoms with van der Waals surface area (Å²) in [5.74, 6) is 1.29. The van der Waals surface area contributed by atoms with Crippen molar-refractivity contribution in [3.63, 3.8) is 0 Å². The molecule has 0 saturated heterocycles. The molecule has 1 aliphatic rings. The van der Waals surface area contributed by atoms with E-state index >= 15 is 0 Å². The van der Waals surface area contributed by atoms with Gasteiger partial charge in [0.15, 0.2) is 11.5 Å².